The van der Waals surface area contributed by atoms with Crippen molar-refractivity contribution in [3.8, 4) is 0 Å². The van der Waals surface area contributed by atoms with Crippen molar-refractivity contribution < 1.29 is 19.1 Å². The molecule has 0 heterocycles. The van der Waals surface area contributed by atoms with Crippen LogP contribution < -0.4 is 16.4 Å². The highest BCUT2D eigenvalue weighted by Gasteiger charge is 2.21. The molecule has 4 N–H and O–H groups in total. The number of hydrogen-bond donors (Lipinski definition) is 3. The number of primary amides is 1. The molecule has 0 aliphatic carbocycles. The third kappa shape index (κ3) is 14.1. The monoisotopic (exact) mass is 367 g/mol. The summed E-state index contributed by atoms with van der Waals surface area (Å²) in [6, 6.07) is -0.946. The van der Waals surface area contributed by atoms with Gasteiger partial charge in [0.05, 0.1) is 0 Å². The number of carbonyl (C=O) groups is 3. The summed E-state index contributed by atoms with van der Waals surface area (Å²) in [6.45, 7) is 7.38. The maximum atomic E-state index is 12.1. The molecule has 7 nitrogen and oxygen atoms in total. The molecule has 0 unspecified atom stereocenters. The molecule has 0 aromatic heterocycles. The SMILES string of the molecule is C=CCCCCCCCCC(=O)N[C@@H](COC(N)=O)C(=O)NCCC=C. The minimum Gasteiger partial charge on any atom is -0.447 e. The maximum Gasteiger partial charge on any atom is 0.404 e. The fourth-order valence-corrected chi connectivity index (χ4v) is 2.32. The van der Waals surface area contributed by atoms with Gasteiger partial charge >= 0.3 is 6.09 Å². The summed E-state index contributed by atoms with van der Waals surface area (Å²) in [5, 5.41) is 5.25. The van der Waals surface area contributed by atoms with E-state index in [9.17, 15) is 14.4 Å². The lowest BCUT2D eigenvalue weighted by molar-refractivity contribution is -0.130. The minimum atomic E-state index is -0.986. The largest absolute Gasteiger partial charge is 0.447 e. The molecule has 0 bridgehead atoms. The van der Waals surface area contributed by atoms with Crippen molar-refractivity contribution in [3.63, 3.8) is 0 Å². The van der Waals surface area contributed by atoms with Crippen LogP contribution in [-0.2, 0) is 14.3 Å². The standard InChI is InChI=1S/C19H33N3O4/c1-3-5-7-8-9-10-11-12-13-17(23)22-16(15-26-19(20)25)18(24)21-14-6-4-2/h3-4,16H,1-2,5-15H2,(H2,20,25)(H,21,24)(H,22,23)/t16-/m0/s1. The van der Waals surface area contributed by atoms with Gasteiger partial charge in [-0.2, -0.15) is 0 Å². The third-order valence-electron chi connectivity index (χ3n) is 3.75. The lowest BCUT2D eigenvalue weighted by atomic mass is 10.1. The Morgan fingerprint density at radius 2 is 1.58 bits per heavy atom. The smallest absolute Gasteiger partial charge is 0.404 e. The lowest BCUT2D eigenvalue weighted by Crippen LogP contribution is -2.50. The van der Waals surface area contributed by atoms with Gasteiger partial charge in [0.15, 0.2) is 0 Å². The van der Waals surface area contributed by atoms with Gasteiger partial charge < -0.3 is 21.1 Å². The van der Waals surface area contributed by atoms with E-state index in [2.05, 4.69) is 28.5 Å². The molecule has 0 aromatic carbocycles. The number of amides is 3. The van der Waals surface area contributed by atoms with Gasteiger partial charge in [0, 0.05) is 13.0 Å². The van der Waals surface area contributed by atoms with Gasteiger partial charge in [-0.15, -0.1) is 13.2 Å². The average Bonchev–Trinajstić information content (AvgIpc) is 2.60. The number of hydrogen-bond acceptors (Lipinski definition) is 4. The first-order valence-electron chi connectivity index (χ1n) is 9.22. The van der Waals surface area contributed by atoms with Crippen molar-refractivity contribution in [2.75, 3.05) is 13.2 Å². The summed E-state index contributed by atoms with van der Waals surface area (Å²) in [5.41, 5.74) is 4.93. The molecule has 0 saturated heterocycles. The molecule has 0 rings (SSSR count). The third-order valence-corrected chi connectivity index (χ3v) is 3.75. The van der Waals surface area contributed by atoms with Gasteiger partial charge in [0.2, 0.25) is 11.8 Å². The molecule has 0 aromatic rings. The molecule has 0 radical (unpaired) electrons. The van der Waals surface area contributed by atoms with Crippen molar-refractivity contribution in [2.45, 2.75) is 63.8 Å². The second kappa shape index (κ2) is 16.2. The fourth-order valence-electron chi connectivity index (χ4n) is 2.32. The molecule has 0 spiro atoms. The zero-order valence-electron chi connectivity index (χ0n) is 15.6. The zero-order chi connectivity index (χ0) is 19.6. The van der Waals surface area contributed by atoms with Crippen LogP contribution in [0.1, 0.15) is 57.8 Å². The topological polar surface area (TPSA) is 111 Å². The second-order valence-electron chi connectivity index (χ2n) is 6.07. The van der Waals surface area contributed by atoms with Gasteiger partial charge in [-0.3, -0.25) is 9.59 Å². The van der Waals surface area contributed by atoms with Crippen LogP contribution in [0.15, 0.2) is 25.3 Å². The summed E-state index contributed by atoms with van der Waals surface area (Å²) in [7, 11) is 0. The molecular weight excluding hydrogens is 334 g/mol. The van der Waals surface area contributed by atoms with E-state index in [1.54, 1.807) is 6.08 Å². The van der Waals surface area contributed by atoms with Crippen molar-refractivity contribution in [3.05, 3.63) is 25.3 Å². The van der Waals surface area contributed by atoms with E-state index in [1.807, 2.05) is 6.08 Å². The zero-order valence-corrected chi connectivity index (χ0v) is 15.6. The van der Waals surface area contributed by atoms with E-state index < -0.39 is 18.0 Å². The van der Waals surface area contributed by atoms with E-state index >= 15 is 0 Å². The Balaban J connectivity index is 4.10. The van der Waals surface area contributed by atoms with Crippen molar-refractivity contribution in [2.24, 2.45) is 5.73 Å². The summed E-state index contributed by atoms with van der Waals surface area (Å²) in [6.07, 6.45) is 10.9. The van der Waals surface area contributed by atoms with Gasteiger partial charge in [-0.25, -0.2) is 4.79 Å². The predicted molar refractivity (Wildman–Crippen MR) is 102 cm³/mol. The van der Waals surface area contributed by atoms with Gasteiger partial charge in [-0.1, -0.05) is 37.8 Å². The Bertz CT molecular complexity index is 452. The van der Waals surface area contributed by atoms with E-state index in [1.165, 1.54) is 6.42 Å². The number of ether oxygens (including phenoxy) is 1. The van der Waals surface area contributed by atoms with Gasteiger partial charge in [-0.05, 0) is 25.7 Å². The van der Waals surface area contributed by atoms with Crippen molar-refractivity contribution in [1.82, 2.24) is 10.6 Å². The molecule has 3 amide bonds. The molecule has 148 valence electrons. The lowest BCUT2D eigenvalue weighted by Gasteiger charge is -2.18. The van der Waals surface area contributed by atoms with Crippen LogP contribution in [0.25, 0.3) is 0 Å². The Labute approximate surface area is 156 Å². The predicted octanol–water partition coefficient (Wildman–Crippen LogP) is 2.57. The first-order chi connectivity index (χ1) is 12.5. The molecule has 0 saturated carbocycles. The van der Waals surface area contributed by atoms with Crippen LogP contribution in [-0.4, -0.2) is 37.1 Å². The number of nitrogens with one attached hydrogen (secondary N) is 2. The molecule has 0 fully saturated rings. The van der Waals surface area contributed by atoms with Crippen LogP contribution in [0.3, 0.4) is 0 Å². The normalized spacial score (nSPS) is 11.2. The van der Waals surface area contributed by atoms with Crippen LogP contribution >= 0.6 is 0 Å². The Morgan fingerprint density at radius 3 is 2.19 bits per heavy atom. The number of nitrogens with two attached hydrogens (primary N) is 1. The van der Waals surface area contributed by atoms with Crippen LogP contribution in [0.4, 0.5) is 4.79 Å². The number of unbranched alkanes of at least 4 members (excludes halogenated alkanes) is 6. The van der Waals surface area contributed by atoms with Gasteiger partial charge in [0.25, 0.3) is 0 Å². The summed E-state index contributed by atoms with van der Waals surface area (Å²) in [4.78, 5) is 34.8. The first kappa shape index (κ1) is 23.7. The molecule has 26 heavy (non-hydrogen) atoms. The molecule has 0 aliphatic heterocycles. The van der Waals surface area contributed by atoms with Crippen LogP contribution in [0.2, 0.25) is 0 Å². The number of allylic oxidation sites excluding steroid dienone is 1. The fraction of sp³-hybridized carbons (Fsp3) is 0.632. The highest BCUT2D eigenvalue weighted by molar-refractivity contribution is 5.87. The van der Waals surface area contributed by atoms with Crippen molar-refractivity contribution >= 4 is 17.9 Å². The van der Waals surface area contributed by atoms with E-state index in [4.69, 9.17) is 5.73 Å². The number of rotatable bonds is 16. The minimum absolute atomic E-state index is 0.242. The van der Waals surface area contributed by atoms with Crippen LogP contribution in [0, 0.1) is 0 Å². The highest BCUT2D eigenvalue weighted by atomic mass is 16.5. The molecule has 7 heteroatoms. The van der Waals surface area contributed by atoms with Crippen molar-refractivity contribution in [1.29, 1.82) is 0 Å². The summed E-state index contributed by atoms with van der Waals surface area (Å²) < 4.78 is 4.66. The first-order valence-corrected chi connectivity index (χ1v) is 9.22. The maximum absolute atomic E-state index is 12.1. The second-order valence-corrected chi connectivity index (χ2v) is 6.07. The summed E-state index contributed by atoms with van der Waals surface area (Å²) >= 11 is 0. The molecule has 0 aliphatic rings. The number of carbonyl (C=O) groups excluding carboxylic acids is 3. The van der Waals surface area contributed by atoms with E-state index in [0.29, 0.717) is 19.4 Å². The Hall–Kier alpha value is -2.31. The average molecular weight is 367 g/mol. The van der Waals surface area contributed by atoms with Crippen LogP contribution in [0.5, 0.6) is 0 Å². The van der Waals surface area contributed by atoms with Gasteiger partial charge in [0.1, 0.15) is 12.6 Å². The quantitative estimate of drug-likeness (QED) is 0.287. The van der Waals surface area contributed by atoms with E-state index in [-0.39, 0.29) is 12.5 Å². The van der Waals surface area contributed by atoms with E-state index in [0.717, 1.165) is 38.5 Å². The Morgan fingerprint density at radius 1 is 0.962 bits per heavy atom. The highest BCUT2D eigenvalue weighted by Crippen LogP contribution is 2.08. The molecular formula is C19H33N3O4. The Kier molecular flexibility index (Phi) is 14.7. The summed E-state index contributed by atoms with van der Waals surface area (Å²) in [5.74, 6) is -0.655. The molecule has 1 atom stereocenters.